The van der Waals surface area contributed by atoms with E-state index >= 15 is 0 Å². The van der Waals surface area contributed by atoms with Crippen molar-refractivity contribution in [2.45, 2.75) is 13.5 Å². The van der Waals surface area contributed by atoms with Gasteiger partial charge in [-0.3, -0.25) is 4.68 Å². The molecular weight excluding hydrogens is 310 g/mol. The van der Waals surface area contributed by atoms with Gasteiger partial charge in [-0.05, 0) is 30.7 Å². The summed E-state index contributed by atoms with van der Waals surface area (Å²) in [6.45, 7) is 2.41. The second-order valence-corrected chi connectivity index (χ2v) is 5.22. The molecule has 0 saturated heterocycles. The molecular formula is C13H14BrN3O2. The number of aromatic carboxylic acids is 1. The molecule has 1 aromatic carbocycles. The van der Waals surface area contributed by atoms with Crippen LogP contribution in [0.1, 0.15) is 21.6 Å². The van der Waals surface area contributed by atoms with Crippen molar-refractivity contribution in [3.05, 3.63) is 45.7 Å². The summed E-state index contributed by atoms with van der Waals surface area (Å²) in [6, 6.07) is 5.96. The number of carboxylic acids is 1. The first-order valence-electron chi connectivity index (χ1n) is 5.72. The molecule has 1 heterocycles. The van der Waals surface area contributed by atoms with Gasteiger partial charge in [0.2, 0.25) is 0 Å². The van der Waals surface area contributed by atoms with Crippen LogP contribution in [0.15, 0.2) is 28.9 Å². The summed E-state index contributed by atoms with van der Waals surface area (Å²) in [4.78, 5) is 11.1. The summed E-state index contributed by atoms with van der Waals surface area (Å²) in [6.07, 6.45) is 1.37. The van der Waals surface area contributed by atoms with E-state index in [-0.39, 0.29) is 5.56 Å². The van der Waals surface area contributed by atoms with E-state index in [2.05, 4.69) is 26.3 Å². The molecule has 0 aliphatic carbocycles. The summed E-state index contributed by atoms with van der Waals surface area (Å²) in [5.41, 5.74) is 2.93. The summed E-state index contributed by atoms with van der Waals surface area (Å²) in [7, 11) is 1.73. The highest BCUT2D eigenvalue weighted by Crippen LogP contribution is 2.20. The smallest absolute Gasteiger partial charge is 0.339 e. The molecule has 5 nitrogen and oxygen atoms in total. The predicted octanol–water partition coefficient (Wildman–Crippen LogP) is 2.80. The van der Waals surface area contributed by atoms with E-state index in [1.807, 2.05) is 25.1 Å². The highest BCUT2D eigenvalue weighted by atomic mass is 79.9. The average molecular weight is 324 g/mol. The quantitative estimate of drug-likeness (QED) is 0.907. The molecule has 0 atom stereocenters. The monoisotopic (exact) mass is 323 g/mol. The molecule has 2 N–H and O–H groups in total. The van der Waals surface area contributed by atoms with Crippen molar-refractivity contribution in [3.63, 3.8) is 0 Å². The fourth-order valence-corrected chi connectivity index (χ4v) is 2.48. The highest BCUT2D eigenvalue weighted by Gasteiger charge is 2.14. The molecule has 0 unspecified atom stereocenters. The number of nitrogens with one attached hydrogen (secondary N) is 1. The number of anilines is 1. The molecule has 2 aromatic rings. The molecule has 0 amide bonds. The molecule has 0 fully saturated rings. The third kappa shape index (κ3) is 3.14. The van der Waals surface area contributed by atoms with Gasteiger partial charge in [0.1, 0.15) is 5.56 Å². The fourth-order valence-electron chi connectivity index (χ4n) is 1.88. The number of aromatic nitrogens is 2. The van der Waals surface area contributed by atoms with Gasteiger partial charge in [0.15, 0.2) is 0 Å². The normalized spacial score (nSPS) is 10.5. The molecule has 2 rings (SSSR count). The first kappa shape index (κ1) is 13.6. The van der Waals surface area contributed by atoms with E-state index in [1.54, 1.807) is 11.7 Å². The van der Waals surface area contributed by atoms with E-state index in [0.717, 1.165) is 15.7 Å². The van der Waals surface area contributed by atoms with Crippen molar-refractivity contribution in [2.75, 3.05) is 5.32 Å². The molecule has 0 radical (unpaired) electrons. The molecule has 0 saturated carbocycles. The van der Waals surface area contributed by atoms with E-state index in [4.69, 9.17) is 5.11 Å². The van der Waals surface area contributed by atoms with Crippen molar-refractivity contribution in [2.24, 2.45) is 7.05 Å². The first-order chi connectivity index (χ1) is 8.97. The lowest BCUT2D eigenvalue weighted by molar-refractivity contribution is 0.0695. The topological polar surface area (TPSA) is 67.2 Å². The summed E-state index contributed by atoms with van der Waals surface area (Å²) in [5.74, 6) is -0.963. The van der Waals surface area contributed by atoms with Crippen LogP contribution in [-0.2, 0) is 13.6 Å². The van der Waals surface area contributed by atoms with Crippen molar-refractivity contribution in [1.82, 2.24) is 9.78 Å². The minimum absolute atomic E-state index is 0.224. The Morgan fingerprint density at radius 3 is 2.84 bits per heavy atom. The Labute approximate surface area is 119 Å². The van der Waals surface area contributed by atoms with Crippen molar-refractivity contribution in [1.29, 1.82) is 0 Å². The predicted molar refractivity (Wildman–Crippen MR) is 76.4 cm³/mol. The maximum atomic E-state index is 11.1. The molecule has 19 heavy (non-hydrogen) atoms. The van der Waals surface area contributed by atoms with E-state index in [9.17, 15) is 4.79 Å². The lowest BCUT2D eigenvalue weighted by Crippen LogP contribution is -2.10. The van der Waals surface area contributed by atoms with Gasteiger partial charge in [0.05, 0.1) is 18.4 Å². The van der Waals surface area contributed by atoms with Crippen LogP contribution < -0.4 is 5.32 Å². The summed E-state index contributed by atoms with van der Waals surface area (Å²) < 4.78 is 2.56. The van der Waals surface area contributed by atoms with E-state index < -0.39 is 5.97 Å². The van der Waals surface area contributed by atoms with Gasteiger partial charge in [0.25, 0.3) is 0 Å². The molecule has 0 bridgehead atoms. The standard InChI is InChI=1S/C13H14BrN3O2/c1-8-3-9(14)5-10(4-8)15-7-12-11(13(18)19)6-16-17(12)2/h3-6,15H,7H2,1-2H3,(H,18,19). The van der Waals surface area contributed by atoms with E-state index in [0.29, 0.717) is 12.2 Å². The number of hydrogen-bond acceptors (Lipinski definition) is 3. The van der Waals surface area contributed by atoms with Gasteiger partial charge >= 0.3 is 5.97 Å². The van der Waals surface area contributed by atoms with Gasteiger partial charge < -0.3 is 10.4 Å². The molecule has 0 aliphatic rings. The Balaban J connectivity index is 2.18. The largest absolute Gasteiger partial charge is 0.478 e. The minimum atomic E-state index is -0.963. The van der Waals surface area contributed by atoms with Crippen LogP contribution in [0.3, 0.4) is 0 Å². The van der Waals surface area contributed by atoms with E-state index in [1.165, 1.54) is 6.20 Å². The fraction of sp³-hybridized carbons (Fsp3) is 0.231. The maximum Gasteiger partial charge on any atom is 0.339 e. The van der Waals surface area contributed by atoms with Gasteiger partial charge in [-0.1, -0.05) is 15.9 Å². The molecule has 1 aromatic heterocycles. The van der Waals surface area contributed by atoms with Crippen molar-refractivity contribution < 1.29 is 9.90 Å². The SMILES string of the molecule is Cc1cc(Br)cc(NCc2c(C(=O)O)cnn2C)c1. The number of rotatable bonds is 4. The second kappa shape index (κ2) is 5.44. The first-order valence-corrected chi connectivity index (χ1v) is 6.52. The van der Waals surface area contributed by atoms with Crippen LogP contribution >= 0.6 is 15.9 Å². The molecule has 0 spiro atoms. The van der Waals surface area contributed by atoms with Gasteiger partial charge in [-0.15, -0.1) is 0 Å². The zero-order valence-corrected chi connectivity index (χ0v) is 12.2. The number of carboxylic acid groups (broad SMARTS) is 1. The van der Waals surface area contributed by atoms with Gasteiger partial charge in [0, 0.05) is 17.2 Å². The Morgan fingerprint density at radius 2 is 2.21 bits per heavy atom. The lowest BCUT2D eigenvalue weighted by atomic mass is 10.2. The van der Waals surface area contributed by atoms with Crippen LogP contribution in [-0.4, -0.2) is 20.9 Å². The lowest BCUT2D eigenvalue weighted by Gasteiger charge is -2.09. The number of hydrogen-bond donors (Lipinski definition) is 2. The van der Waals surface area contributed by atoms with Crippen LogP contribution in [0, 0.1) is 6.92 Å². The number of nitrogens with zero attached hydrogens (tertiary/aromatic N) is 2. The average Bonchev–Trinajstić information content (AvgIpc) is 2.67. The molecule has 6 heteroatoms. The van der Waals surface area contributed by atoms with Crippen molar-refractivity contribution >= 4 is 27.6 Å². The highest BCUT2D eigenvalue weighted by molar-refractivity contribution is 9.10. The molecule has 0 aliphatic heterocycles. The number of benzene rings is 1. The number of aryl methyl sites for hydroxylation is 2. The Bertz CT molecular complexity index is 602. The van der Waals surface area contributed by atoms with Crippen LogP contribution in [0.4, 0.5) is 5.69 Å². The van der Waals surface area contributed by atoms with Crippen molar-refractivity contribution in [3.8, 4) is 0 Å². The Morgan fingerprint density at radius 1 is 1.47 bits per heavy atom. The summed E-state index contributed by atoms with van der Waals surface area (Å²) in [5, 5.41) is 16.3. The third-order valence-corrected chi connectivity index (χ3v) is 3.25. The Kier molecular flexibility index (Phi) is 3.90. The molecule has 100 valence electrons. The number of carbonyl (C=O) groups is 1. The second-order valence-electron chi connectivity index (χ2n) is 4.30. The maximum absolute atomic E-state index is 11.1. The third-order valence-electron chi connectivity index (χ3n) is 2.79. The van der Waals surface area contributed by atoms with Crippen LogP contribution in [0.5, 0.6) is 0 Å². The van der Waals surface area contributed by atoms with Crippen LogP contribution in [0.25, 0.3) is 0 Å². The van der Waals surface area contributed by atoms with Crippen LogP contribution in [0.2, 0.25) is 0 Å². The van der Waals surface area contributed by atoms with Gasteiger partial charge in [-0.2, -0.15) is 5.10 Å². The van der Waals surface area contributed by atoms with Gasteiger partial charge in [-0.25, -0.2) is 4.79 Å². The zero-order chi connectivity index (χ0) is 14.0. The zero-order valence-electron chi connectivity index (χ0n) is 10.6. The summed E-state index contributed by atoms with van der Waals surface area (Å²) >= 11 is 3.43. The number of halogens is 1. The minimum Gasteiger partial charge on any atom is -0.478 e. The Hall–Kier alpha value is -1.82.